The Kier molecular flexibility index (Phi) is 5.79. The molecule has 0 aliphatic heterocycles. The minimum absolute atomic E-state index is 0.245. The maximum Gasteiger partial charge on any atom is 0.0122 e. The molecule has 0 heterocycles. The minimum Gasteiger partial charge on any atom is -0.302 e. The van der Waals surface area contributed by atoms with Gasteiger partial charge in [0.05, 0.1) is 0 Å². The fourth-order valence-electron chi connectivity index (χ4n) is 2.76. The van der Waals surface area contributed by atoms with E-state index in [2.05, 4.69) is 93.4 Å². The van der Waals surface area contributed by atoms with Crippen LogP contribution in [0.4, 0.5) is 0 Å². The SMILES string of the molecule is CN(CCCC(c1ccccc1)c1ccccc1)C(C)(C)C. The third-order valence-corrected chi connectivity index (χ3v) is 4.54. The number of hydrogen-bond donors (Lipinski definition) is 0. The van der Waals surface area contributed by atoms with Crippen LogP contribution in [0.5, 0.6) is 0 Å². The van der Waals surface area contributed by atoms with Gasteiger partial charge in [0.15, 0.2) is 0 Å². The highest BCUT2D eigenvalue weighted by molar-refractivity contribution is 5.32. The number of rotatable bonds is 6. The van der Waals surface area contributed by atoms with Crippen molar-refractivity contribution in [3.8, 4) is 0 Å². The quantitative estimate of drug-likeness (QED) is 0.696. The van der Waals surface area contributed by atoms with Crippen molar-refractivity contribution >= 4 is 0 Å². The third-order valence-electron chi connectivity index (χ3n) is 4.54. The highest BCUT2D eigenvalue weighted by Gasteiger charge is 2.18. The maximum absolute atomic E-state index is 2.44. The van der Waals surface area contributed by atoms with Crippen LogP contribution in [0.2, 0.25) is 0 Å². The first-order valence-electron chi connectivity index (χ1n) is 8.29. The van der Waals surface area contributed by atoms with E-state index < -0.39 is 0 Å². The molecular weight excluding hydrogens is 266 g/mol. The van der Waals surface area contributed by atoms with Gasteiger partial charge in [0.25, 0.3) is 0 Å². The zero-order valence-corrected chi connectivity index (χ0v) is 14.4. The summed E-state index contributed by atoms with van der Waals surface area (Å²) in [5.41, 5.74) is 3.09. The standard InChI is InChI=1S/C21H29N/c1-21(2,3)22(4)17-11-16-20(18-12-7-5-8-13-18)19-14-9-6-10-15-19/h5-10,12-15,20H,11,16-17H2,1-4H3. The predicted octanol–water partition coefficient (Wildman–Crippen LogP) is 5.33. The Hall–Kier alpha value is -1.60. The van der Waals surface area contributed by atoms with Crippen molar-refractivity contribution in [3.05, 3.63) is 71.8 Å². The van der Waals surface area contributed by atoms with Crippen molar-refractivity contribution in [3.63, 3.8) is 0 Å². The molecule has 0 aliphatic rings. The Morgan fingerprint density at radius 3 is 1.68 bits per heavy atom. The molecule has 0 spiro atoms. The van der Waals surface area contributed by atoms with Gasteiger partial charge in [-0.25, -0.2) is 0 Å². The highest BCUT2D eigenvalue weighted by atomic mass is 15.1. The van der Waals surface area contributed by atoms with Gasteiger partial charge in [-0.05, 0) is 58.3 Å². The molecule has 0 unspecified atom stereocenters. The molecule has 0 amide bonds. The van der Waals surface area contributed by atoms with Crippen LogP contribution in [-0.2, 0) is 0 Å². The van der Waals surface area contributed by atoms with Gasteiger partial charge in [-0.1, -0.05) is 60.7 Å². The lowest BCUT2D eigenvalue weighted by molar-refractivity contribution is 0.172. The summed E-state index contributed by atoms with van der Waals surface area (Å²) in [6, 6.07) is 21.8. The van der Waals surface area contributed by atoms with E-state index in [4.69, 9.17) is 0 Å². The number of nitrogens with zero attached hydrogens (tertiary/aromatic N) is 1. The van der Waals surface area contributed by atoms with Crippen LogP contribution in [0, 0.1) is 0 Å². The van der Waals surface area contributed by atoms with Gasteiger partial charge < -0.3 is 4.90 Å². The molecule has 0 N–H and O–H groups in total. The molecule has 2 aromatic carbocycles. The van der Waals surface area contributed by atoms with Crippen molar-refractivity contribution < 1.29 is 0 Å². The van der Waals surface area contributed by atoms with E-state index >= 15 is 0 Å². The Morgan fingerprint density at radius 2 is 1.27 bits per heavy atom. The largest absolute Gasteiger partial charge is 0.302 e. The Bertz CT molecular complexity index is 500. The molecule has 0 aliphatic carbocycles. The second-order valence-electron chi connectivity index (χ2n) is 7.11. The fraction of sp³-hybridized carbons (Fsp3) is 0.429. The van der Waals surface area contributed by atoms with Crippen LogP contribution >= 0.6 is 0 Å². The van der Waals surface area contributed by atoms with E-state index in [1.807, 2.05) is 0 Å². The molecular formula is C21H29N. The normalized spacial score (nSPS) is 12.1. The average Bonchev–Trinajstić information content (AvgIpc) is 2.52. The van der Waals surface area contributed by atoms with Crippen LogP contribution in [-0.4, -0.2) is 24.0 Å². The van der Waals surface area contributed by atoms with Gasteiger partial charge in [-0.3, -0.25) is 0 Å². The van der Waals surface area contributed by atoms with Crippen LogP contribution in [0.3, 0.4) is 0 Å². The van der Waals surface area contributed by atoms with Gasteiger partial charge in [0.1, 0.15) is 0 Å². The second-order valence-corrected chi connectivity index (χ2v) is 7.11. The molecule has 2 aromatic rings. The Balaban J connectivity index is 2.07. The summed E-state index contributed by atoms with van der Waals surface area (Å²) < 4.78 is 0. The lowest BCUT2D eigenvalue weighted by Gasteiger charge is -2.32. The molecule has 0 bridgehead atoms. The molecule has 0 atom stereocenters. The van der Waals surface area contributed by atoms with E-state index in [0.717, 1.165) is 6.54 Å². The summed E-state index contributed by atoms with van der Waals surface area (Å²) in [7, 11) is 2.22. The van der Waals surface area contributed by atoms with E-state index in [9.17, 15) is 0 Å². The summed E-state index contributed by atoms with van der Waals surface area (Å²) in [6.45, 7) is 7.97. The molecule has 2 rings (SSSR count). The molecule has 1 heteroatoms. The van der Waals surface area contributed by atoms with E-state index in [0.29, 0.717) is 5.92 Å². The van der Waals surface area contributed by atoms with Crippen molar-refractivity contribution in [1.82, 2.24) is 4.90 Å². The molecule has 0 saturated carbocycles. The first kappa shape index (κ1) is 16.8. The molecule has 0 saturated heterocycles. The highest BCUT2D eigenvalue weighted by Crippen LogP contribution is 2.29. The fourth-order valence-corrected chi connectivity index (χ4v) is 2.76. The maximum atomic E-state index is 2.44. The van der Waals surface area contributed by atoms with Crippen molar-refractivity contribution in [2.75, 3.05) is 13.6 Å². The monoisotopic (exact) mass is 295 g/mol. The minimum atomic E-state index is 0.245. The zero-order chi connectivity index (χ0) is 16.0. The van der Waals surface area contributed by atoms with Crippen LogP contribution in [0.15, 0.2) is 60.7 Å². The first-order chi connectivity index (χ1) is 10.5. The molecule has 0 radical (unpaired) electrons. The van der Waals surface area contributed by atoms with Crippen molar-refractivity contribution in [2.24, 2.45) is 0 Å². The summed E-state index contributed by atoms with van der Waals surface area (Å²) in [5.74, 6) is 0.496. The van der Waals surface area contributed by atoms with E-state index in [-0.39, 0.29) is 5.54 Å². The lowest BCUT2D eigenvalue weighted by Crippen LogP contribution is -2.38. The van der Waals surface area contributed by atoms with Crippen LogP contribution in [0.25, 0.3) is 0 Å². The molecule has 0 aromatic heterocycles. The average molecular weight is 295 g/mol. The Labute approximate surface area is 136 Å². The third kappa shape index (κ3) is 4.71. The number of hydrogen-bond acceptors (Lipinski definition) is 1. The molecule has 0 fully saturated rings. The van der Waals surface area contributed by atoms with Gasteiger partial charge >= 0.3 is 0 Å². The summed E-state index contributed by atoms with van der Waals surface area (Å²) in [6.07, 6.45) is 2.40. The van der Waals surface area contributed by atoms with Gasteiger partial charge in [-0.15, -0.1) is 0 Å². The van der Waals surface area contributed by atoms with E-state index in [1.165, 1.54) is 24.0 Å². The van der Waals surface area contributed by atoms with Crippen molar-refractivity contribution in [1.29, 1.82) is 0 Å². The van der Waals surface area contributed by atoms with Gasteiger partial charge in [-0.2, -0.15) is 0 Å². The summed E-state index contributed by atoms with van der Waals surface area (Å²) in [5, 5.41) is 0. The number of benzene rings is 2. The summed E-state index contributed by atoms with van der Waals surface area (Å²) >= 11 is 0. The second kappa shape index (κ2) is 7.60. The van der Waals surface area contributed by atoms with Gasteiger partial charge in [0.2, 0.25) is 0 Å². The topological polar surface area (TPSA) is 3.24 Å². The van der Waals surface area contributed by atoms with Crippen LogP contribution < -0.4 is 0 Å². The molecule has 22 heavy (non-hydrogen) atoms. The Morgan fingerprint density at radius 1 is 0.818 bits per heavy atom. The molecule has 118 valence electrons. The van der Waals surface area contributed by atoms with Crippen molar-refractivity contribution in [2.45, 2.75) is 45.1 Å². The van der Waals surface area contributed by atoms with Crippen LogP contribution in [0.1, 0.15) is 50.7 Å². The first-order valence-corrected chi connectivity index (χ1v) is 8.29. The molecule has 1 nitrogen and oxygen atoms in total. The zero-order valence-electron chi connectivity index (χ0n) is 14.4. The summed E-state index contributed by atoms with van der Waals surface area (Å²) in [4.78, 5) is 2.44. The predicted molar refractivity (Wildman–Crippen MR) is 96.3 cm³/mol. The smallest absolute Gasteiger partial charge is 0.0122 e. The lowest BCUT2D eigenvalue weighted by atomic mass is 9.87. The van der Waals surface area contributed by atoms with Gasteiger partial charge in [0, 0.05) is 11.5 Å². The van der Waals surface area contributed by atoms with E-state index in [1.54, 1.807) is 0 Å².